The summed E-state index contributed by atoms with van der Waals surface area (Å²) in [6, 6.07) is 8.65. The summed E-state index contributed by atoms with van der Waals surface area (Å²) in [4.78, 5) is 14.8. The van der Waals surface area contributed by atoms with Crippen LogP contribution in [0.2, 0.25) is 0 Å². The number of hydrogen-bond acceptors (Lipinski definition) is 2. The number of carbonyl (C=O) groups excluding carboxylic acids is 1. The van der Waals surface area contributed by atoms with Gasteiger partial charge < -0.3 is 4.57 Å². The molecule has 1 aliphatic heterocycles. The molecule has 0 bridgehead atoms. The van der Waals surface area contributed by atoms with Crippen LogP contribution in [0.3, 0.4) is 0 Å². The van der Waals surface area contributed by atoms with Gasteiger partial charge in [-0.1, -0.05) is 12.1 Å². The zero-order valence-corrected chi connectivity index (χ0v) is 14.5. The number of aryl methyl sites for hydroxylation is 2. The summed E-state index contributed by atoms with van der Waals surface area (Å²) in [6.07, 6.45) is 3.23. The van der Waals surface area contributed by atoms with Crippen LogP contribution in [-0.2, 0) is 13.0 Å². The lowest BCUT2D eigenvalue weighted by Gasteiger charge is -2.13. The molecule has 2 heterocycles. The molecular weight excluding hydrogens is 303 g/mol. The van der Waals surface area contributed by atoms with Crippen molar-refractivity contribution in [1.29, 1.82) is 0 Å². The summed E-state index contributed by atoms with van der Waals surface area (Å²) >= 11 is 0. The molecular formula is C20H25FN2O. The van der Waals surface area contributed by atoms with Crippen LogP contribution in [0.1, 0.15) is 40.2 Å². The third-order valence-electron chi connectivity index (χ3n) is 4.98. The van der Waals surface area contributed by atoms with Gasteiger partial charge in [-0.3, -0.25) is 9.69 Å². The van der Waals surface area contributed by atoms with Crippen molar-refractivity contribution in [3.05, 3.63) is 58.7 Å². The molecule has 0 aliphatic carbocycles. The van der Waals surface area contributed by atoms with Gasteiger partial charge in [0.15, 0.2) is 5.78 Å². The molecule has 3 rings (SSSR count). The van der Waals surface area contributed by atoms with E-state index in [-0.39, 0.29) is 11.6 Å². The smallest absolute Gasteiger partial charge is 0.178 e. The van der Waals surface area contributed by atoms with Crippen molar-refractivity contribution in [2.24, 2.45) is 0 Å². The number of likely N-dealkylation sites (tertiary alicyclic amines) is 1. The van der Waals surface area contributed by atoms with Gasteiger partial charge in [0.25, 0.3) is 0 Å². The first kappa shape index (κ1) is 16.9. The highest BCUT2D eigenvalue weighted by Gasteiger charge is 2.20. The van der Waals surface area contributed by atoms with Gasteiger partial charge >= 0.3 is 0 Å². The Morgan fingerprint density at radius 2 is 1.79 bits per heavy atom. The minimum Gasteiger partial charge on any atom is -0.348 e. The maximum absolute atomic E-state index is 13.0. The van der Waals surface area contributed by atoms with E-state index in [2.05, 4.69) is 9.47 Å². The summed E-state index contributed by atoms with van der Waals surface area (Å²) in [7, 11) is 0. The van der Waals surface area contributed by atoms with Crippen LogP contribution in [0.4, 0.5) is 4.39 Å². The van der Waals surface area contributed by atoms with Crippen molar-refractivity contribution in [1.82, 2.24) is 9.47 Å². The number of benzene rings is 1. The van der Waals surface area contributed by atoms with Crippen LogP contribution >= 0.6 is 0 Å². The molecule has 128 valence electrons. The van der Waals surface area contributed by atoms with Gasteiger partial charge in [-0.25, -0.2) is 4.39 Å². The molecule has 0 N–H and O–H groups in total. The number of nitrogens with zero attached hydrogens (tertiary/aromatic N) is 2. The maximum atomic E-state index is 13.0. The highest BCUT2D eigenvalue weighted by molar-refractivity contribution is 5.99. The molecule has 0 unspecified atom stereocenters. The zero-order valence-electron chi connectivity index (χ0n) is 14.5. The van der Waals surface area contributed by atoms with Crippen LogP contribution in [-0.4, -0.2) is 34.9 Å². The average molecular weight is 328 g/mol. The van der Waals surface area contributed by atoms with E-state index >= 15 is 0 Å². The van der Waals surface area contributed by atoms with E-state index in [1.165, 1.54) is 25.0 Å². The molecule has 1 aromatic heterocycles. The molecule has 4 heteroatoms. The van der Waals surface area contributed by atoms with E-state index < -0.39 is 0 Å². The molecule has 2 aromatic rings. The van der Waals surface area contributed by atoms with E-state index in [1.54, 1.807) is 0 Å². The van der Waals surface area contributed by atoms with Crippen molar-refractivity contribution in [3.63, 3.8) is 0 Å². The normalized spacial score (nSPS) is 15.1. The summed E-state index contributed by atoms with van der Waals surface area (Å²) in [5.74, 6) is 0.0138. The van der Waals surface area contributed by atoms with Gasteiger partial charge in [0.1, 0.15) is 5.82 Å². The van der Waals surface area contributed by atoms with Gasteiger partial charge in [0, 0.05) is 23.5 Å². The highest BCUT2D eigenvalue weighted by Crippen LogP contribution is 2.18. The first-order valence-corrected chi connectivity index (χ1v) is 8.71. The lowest BCUT2D eigenvalue weighted by molar-refractivity contribution is 0.0944. The van der Waals surface area contributed by atoms with E-state index in [0.29, 0.717) is 6.54 Å². The second-order valence-corrected chi connectivity index (χ2v) is 6.72. The standard InChI is InChI=1S/C20H25FN2O/c1-15-13-19(20(24)14-22-10-3-4-11-22)16(2)23(15)12-9-17-5-7-18(21)8-6-17/h5-8,13H,3-4,9-12,14H2,1-2H3. The van der Waals surface area contributed by atoms with Crippen LogP contribution in [0.5, 0.6) is 0 Å². The molecule has 1 fully saturated rings. The Morgan fingerprint density at radius 1 is 1.12 bits per heavy atom. The number of rotatable bonds is 6. The lowest BCUT2D eigenvalue weighted by atomic mass is 10.1. The molecule has 0 atom stereocenters. The Bertz CT molecular complexity index is 712. The summed E-state index contributed by atoms with van der Waals surface area (Å²) in [6.45, 7) is 7.48. The van der Waals surface area contributed by atoms with E-state index in [1.807, 2.05) is 32.0 Å². The summed E-state index contributed by atoms with van der Waals surface area (Å²) in [5.41, 5.74) is 4.10. The Morgan fingerprint density at radius 3 is 2.46 bits per heavy atom. The molecule has 1 saturated heterocycles. The van der Waals surface area contributed by atoms with Crippen LogP contribution in [0.25, 0.3) is 0 Å². The van der Waals surface area contributed by atoms with Crippen molar-refractivity contribution >= 4 is 5.78 Å². The quantitative estimate of drug-likeness (QED) is 0.754. The Balaban J connectivity index is 1.68. The zero-order chi connectivity index (χ0) is 17.1. The van der Waals surface area contributed by atoms with Crippen LogP contribution in [0, 0.1) is 19.7 Å². The predicted molar refractivity (Wildman–Crippen MR) is 94.0 cm³/mol. The van der Waals surface area contributed by atoms with Crippen molar-refractivity contribution < 1.29 is 9.18 Å². The largest absolute Gasteiger partial charge is 0.348 e. The fourth-order valence-electron chi connectivity index (χ4n) is 3.55. The maximum Gasteiger partial charge on any atom is 0.178 e. The molecule has 0 saturated carbocycles. The monoisotopic (exact) mass is 328 g/mol. The minimum absolute atomic E-state index is 0.207. The number of hydrogen-bond donors (Lipinski definition) is 0. The SMILES string of the molecule is Cc1cc(C(=O)CN2CCCC2)c(C)n1CCc1ccc(F)cc1. The molecule has 24 heavy (non-hydrogen) atoms. The average Bonchev–Trinajstić information content (AvgIpc) is 3.16. The first-order valence-electron chi connectivity index (χ1n) is 8.71. The molecule has 1 aromatic carbocycles. The topological polar surface area (TPSA) is 25.2 Å². The minimum atomic E-state index is -0.207. The second-order valence-electron chi connectivity index (χ2n) is 6.72. The van der Waals surface area contributed by atoms with Gasteiger partial charge in [-0.2, -0.15) is 0 Å². The van der Waals surface area contributed by atoms with Crippen molar-refractivity contribution in [2.75, 3.05) is 19.6 Å². The van der Waals surface area contributed by atoms with Gasteiger partial charge in [0.2, 0.25) is 0 Å². The highest BCUT2D eigenvalue weighted by atomic mass is 19.1. The predicted octanol–water partition coefficient (Wildman–Crippen LogP) is 3.77. The fraction of sp³-hybridized carbons (Fsp3) is 0.450. The third kappa shape index (κ3) is 3.75. The number of carbonyl (C=O) groups is 1. The van der Waals surface area contributed by atoms with Gasteiger partial charge in [-0.15, -0.1) is 0 Å². The fourth-order valence-corrected chi connectivity index (χ4v) is 3.55. The molecule has 0 radical (unpaired) electrons. The summed E-state index contributed by atoms with van der Waals surface area (Å²) < 4.78 is 15.2. The Hall–Kier alpha value is -1.94. The lowest BCUT2D eigenvalue weighted by Crippen LogP contribution is -2.27. The number of ketones is 1. The van der Waals surface area contributed by atoms with E-state index in [0.717, 1.165) is 48.6 Å². The van der Waals surface area contributed by atoms with E-state index in [9.17, 15) is 9.18 Å². The second kappa shape index (κ2) is 7.31. The first-order chi connectivity index (χ1) is 11.5. The number of halogens is 1. The van der Waals surface area contributed by atoms with Gasteiger partial charge in [0.05, 0.1) is 6.54 Å². The van der Waals surface area contributed by atoms with Crippen molar-refractivity contribution in [3.8, 4) is 0 Å². The summed E-state index contributed by atoms with van der Waals surface area (Å²) in [5, 5.41) is 0. The number of aromatic nitrogens is 1. The Kier molecular flexibility index (Phi) is 5.14. The molecule has 1 aliphatic rings. The van der Waals surface area contributed by atoms with Crippen LogP contribution in [0.15, 0.2) is 30.3 Å². The molecule has 0 spiro atoms. The Labute approximate surface area is 143 Å². The third-order valence-corrected chi connectivity index (χ3v) is 4.98. The van der Waals surface area contributed by atoms with Gasteiger partial charge in [-0.05, 0) is 70.0 Å². The number of Topliss-reactive ketones (excluding diaryl/α,β-unsaturated/α-hetero) is 1. The molecule has 3 nitrogen and oxygen atoms in total. The molecule has 0 amide bonds. The van der Waals surface area contributed by atoms with Crippen LogP contribution < -0.4 is 0 Å². The van der Waals surface area contributed by atoms with E-state index in [4.69, 9.17) is 0 Å². The van der Waals surface area contributed by atoms with Crippen molar-refractivity contribution in [2.45, 2.75) is 39.7 Å².